The monoisotopic (exact) mass is 268 g/mol. The zero-order chi connectivity index (χ0) is 14.1. The average Bonchev–Trinajstić information content (AvgIpc) is 3.04. The molecule has 1 heterocycles. The molecule has 0 radical (unpaired) electrons. The van der Waals surface area contributed by atoms with E-state index in [1.54, 1.807) is 7.05 Å². The molecule has 2 fully saturated rings. The van der Waals surface area contributed by atoms with E-state index < -0.39 is 11.5 Å². The zero-order valence-corrected chi connectivity index (χ0v) is 12.5. The molecule has 2 unspecified atom stereocenters. The lowest BCUT2D eigenvalue weighted by atomic mass is 9.82. The van der Waals surface area contributed by atoms with Crippen LogP contribution in [0.4, 0.5) is 0 Å². The van der Waals surface area contributed by atoms with Gasteiger partial charge in [-0.1, -0.05) is 13.8 Å². The molecule has 1 saturated heterocycles. The van der Waals surface area contributed by atoms with Gasteiger partial charge in [-0.15, -0.1) is 0 Å². The SMILES string of the molecule is CCC1(CC)CCN(C2CCC(NC)(C(=O)O)C2)C1. The smallest absolute Gasteiger partial charge is 0.323 e. The van der Waals surface area contributed by atoms with Crippen molar-refractivity contribution in [2.45, 2.75) is 64.0 Å². The number of likely N-dealkylation sites (N-methyl/N-ethyl adjacent to an activating group) is 1. The molecule has 2 rings (SSSR count). The number of carboxylic acid groups (broad SMARTS) is 1. The summed E-state index contributed by atoms with van der Waals surface area (Å²) in [6, 6.07) is 0.448. The van der Waals surface area contributed by atoms with Gasteiger partial charge in [-0.3, -0.25) is 9.69 Å². The van der Waals surface area contributed by atoms with Gasteiger partial charge >= 0.3 is 5.97 Å². The van der Waals surface area contributed by atoms with Crippen LogP contribution >= 0.6 is 0 Å². The minimum Gasteiger partial charge on any atom is -0.480 e. The Morgan fingerprint density at radius 2 is 2.05 bits per heavy atom. The van der Waals surface area contributed by atoms with Gasteiger partial charge in [0, 0.05) is 12.6 Å². The zero-order valence-electron chi connectivity index (χ0n) is 12.5. The minimum atomic E-state index is -0.686. The number of carboxylic acids is 1. The summed E-state index contributed by atoms with van der Waals surface area (Å²) in [6.07, 6.45) is 6.27. The summed E-state index contributed by atoms with van der Waals surface area (Å²) in [7, 11) is 1.78. The number of nitrogens with zero attached hydrogens (tertiary/aromatic N) is 1. The van der Waals surface area contributed by atoms with Crippen molar-refractivity contribution in [3.8, 4) is 0 Å². The van der Waals surface area contributed by atoms with Gasteiger partial charge in [0.05, 0.1) is 0 Å². The van der Waals surface area contributed by atoms with Crippen LogP contribution in [0.1, 0.15) is 52.4 Å². The largest absolute Gasteiger partial charge is 0.480 e. The van der Waals surface area contributed by atoms with Crippen LogP contribution in [0.3, 0.4) is 0 Å². The maximum atomic E-state index is 11.5. The third-order valence-corrected chi connectivity index (χ3v) is 5.86. The Morgan fingerprint density at radius 1 is 1.37 bits per heavy atom. The number of nitrogens with one attached hydrogen (secondary N) is 1. The third-order valence-electron chi connectivity index (χ3n) is 5.86. The van der Waals surface area contributed by atoms with Crippen molar-refractivity contribution in [3.05, 3.63) is 0 Å². The van der Waals surface area contributed by atoms with Crippen LogP contribution in [0.15, 0.2) is 0 Å². The first kappa shape index (κ1) is 14.8. The van der Waals surface area contributed by atoms with Crippen LogP contribution < -0.4 is 5.32 Å². The number of aliphatic carboxylic acids is 1. The molecule has 0 aromatic carbocycles. The third kappa shape index (κ3) is 2.52. The van der Waals surface area contributed by atoms with Crippen LogP contribution in [0.25, 0.3) is 0 Å². The fraction of sp³-hybridized carbons (Fsp3) is 0.933. The summed E-state index contributed by atoms with van der Waals surface area (Å²) >= 11 is 0. The Balaban J connectivity index is 2.01. The maximum Gasteiger partial charge on any atom is 0.323 e. The van der Waals surface area contributed by atoms with Gasteiger partial charge in [-0.25, -0.2) is 0 Å². The summed E-state index contributed by atoms with van der Waals surface area (Å²) in [5, 5.41) is 12.5. The van der Waals surface area contributed by atoms with Crippen LogP contribution in [-0.2, 0) is 4.79 Å². The molecule has 0 aromatic heterocycles. The fourth-order valence-corrected chi connectivity index (χ4v) is 3.97. The van der Waals surface area contributed by atoms with E-state index >= 15 is 0 Å². The fourth-order valence-electron chi connectivity index (χ4n) is 3.97. The van der Waals surface area contributed by atoms with Crippen molar-refractivity contribution in [3.63, 3.8) is 0 Å². The highest BCUT2D eigenvalue weighted by atomic mass is 16.4. The molecular formula is C15H28N2O2. The molecule has 1 saturated carbocycles. The normalized spacial score (nSPS) is 34.8. The molecule has 2 N–H and O–H groups in total. The van der Waals surface area contributed by atoms with Crippen molar-refractivity contribution in [1.82, 2.24) is 10.2 Å². The first-order valence-corrected chi connectivity index (χ1v) is 7.67. The van der Waals surface area contributed by atoms with E-state index in [4.69, 9.17) is 0 Å². The topological polar surface area (TPSA) is 52.6 Å². The Morgan fingerprint density at radius 3 is 2.47 bits per heavy atom. The molecule has 4 heteroatoms. The van der Waals surface area contributed by atoms with Crippen molar-refractivity contribution in [1.29, 1.82) is 0 Å². The predicted molar refractivity (Wildman–Crippen MR) is 76.3 cm³/mol. The summed E-state index contributed by atoms with van der Waals surface area (Å²) < 4.78 is 0. The molecular weight excluding hydrogens is 240 g/mol. The standard InChI is InChI=1S/C15H28N2O2/c1-4-14(5-2)8-9-17(11-14)12-6-7-15(10-12,16-3)13(18)19/h12,16H,4-11H2,1-3H3,(H,18,19). The first-order valence-electron chi connectivity index (χ1n) is 7.67. The van der Waals surface area contributed by atoms with E-state index in [9.17, 15) is 9.90 Å². The van der Waals surface area contributed by atoms with Crippen molar-refractivity contribution < 1.29 is 9.90 Å². The van der Waals surface area contributed by atoms with Gasteiger partial charge in [-0.05, 0) is 57.5 Å². The molecule has 1 aliphatic heterocycles. The lowest BCUT2D eigenvalue weighted by Crippen LogP contribution is -2.49. The Hall–Kier alpha value is -0.610. The van der Waals surface area contributed by atoms with Crippen LogP contribution in [0.2, 0.25) is 0 Å². The maximum absolute atomic E-state index is 11.5. The lowest BCUT2D eigenvalue weighted by Gasteiger charge is -2.30. The summed E-state index contributed by atoms with van der Waals surface area (Å²) in [6.45, 7) is 6.88. The Bertz CT molecular complexity index is 341. The van der Waals surface area contributed by atoms with Gasteiger partial charge in [-0.2, -0.15) is 0 Å². The summed E-state index contributed by atoms with van der Waals surface area (Å²) in [5.41, 5.74) is -0.206. The molecule has 4 nitrogen and oxygen atoms in total. The Kier molecular flexibility index (Phi) is 4.21. The second-order valence-electron chi connectivity index (χ2n) is 6.46. The molecule has 110 valence electrons. The second-order valence-corrected chi connectivity index (χ2v) is 6.46. The Labute approximate surface area is 116 Å². The highest BCUT2D eigenvalue weighted by Crippen LogP contribution is 2.42. The lowest BCUT2D eigenvalue weighted by molar-refractivity contribution is -0.144. The van der Waals surface area contributed by atoms with E-state index in [-0.39, 0.29) is 0 Å². The number of rotatable bonds is 5. The predicted octanol–water partition coefficient (Wildman–Crippen LogP) is 2.09. The van der Waals surface area contributed by atoms with Crippen LogP contribution in [0.5, 0.6) is 0 Å². The van der Waals surface area contributed by atoms with Crippen LogP contribution in [0, 0.1) is 5.41 Å². The molecule has 0 aromatic rings. The minimum absolute atomic E-state index is 0.448. The molecule has 0 amide bonds. The first-order chi connectivity index (χ1) is 9.01. The second kappa shape index (κ2) is 5.41. The molecule has 1 aliphatic carbocycles. The molecule has 19 heavy (non-hydrogen) atoms. The quantitative estimate of drug-likeness (QED) is 0.801. The van der Waals surface area contributed by atoms with Gasteiger partial charge in [0.15, 0.2) is 0 Å². The molecule has 0 bridgehead atoms. The van der Waals surface area contributed by atoms with E-state index in [0.717, 1.165) is 32.4 Å². The molecule has 0 spiro atoms. The molecule has 2 atom stereocenters. The van der Waals surface area contributed by atoms with E-state index in [2.05, 4.69) is 24.1 Å². The summed E-state index contributed by atoms with van der Waals surface area (Å²) in [5.74, 6) is -0.686. The van der Waals surface area contributed by atoms with E-state index in [1.165, 1.54) is 19.3 Å². The van der Waals surface area contributed by atoms with Gasteiger partial charge < -0.3 is 10.4 Å². The van der Waals surface area contributed by atoms with Gasteiger partial charge in [0.1, 0.15) is 5.54 Å². The van der Waals surface area contributed by atoms with E-state index in [1.807, 2.05) is 0 Å². The van der Waals surface area contributed by atoms with Gasteiger partial charge in [0.25, 0.3) is 0 Å². The van der Waals surface area contributed by atoms with Crippen LogP contribution in [-0.4, -0.2) is 47.7 Å². The summed E-state index contributed by atoms with van der Waals surface area (Å²) in [4.78, 5) is 14.0. The van der Waals surface area contributed by atoms with Crippen molar-refractivity contribution >= 4 is 5.97 Å². The molecule has 2 aliphatic rings. The number of hydrogen-bond acceptors (Lipinski definition) is 3. The van der Waals surface area contributed by atoms with E-state index in [0.29, 0.717) is 11.5 Å². The highest BCUT2D eigenvalue weighted by molar-refractivity contribution is 5.79. The highest BCUT2D eigenvalue weighted by Gasteiger charge is 2.48. The van der Waals surface area contributed by atoms with Crippen molar-refractivity contribution in [2.24, 2.45) is 5.41 Å². The number of likely N-dealkylation sites (tertiary alicyclic amines) is 1. The number of carbonyl (C=O) groups is 1. The van der Waals surface area contributed by atoms with Crippen molar-refractivity contribution in [2.75, 3.05) is 20.1 Å². The number of hydrogen-bond donors (Lipinski definition) is 2. The average molecular weight is 268 g/mol. The van der Waals surface area contributed by atoms with Gasteiger partial charge in [0.2, 0.25) is 0 Å².